The summed E-state index contributed by atoms with van der Waals surface area (Å²) in [7, 11) is 0. The molecule has 1 aliphatic rings. The van der Waals surface area contributed by atoms with Crippen LogP contribution in [0.1, 0.15) is 34.1 Å². The van der Waals surface area contributed by atoms with E-state index in [2.05, 4.69) is 10.2 Å². The van der Waals surface area contributed by atoms with Gasteiger partial charge in [0.15, 0.2) is 11.6 Å². The molecule has 1 saturated heterocycles. The van der Waals surface area contributed by atoms with Gasteiger partial charge in [0, 0.05) is 30.3 Å². The molecular formula is C19H16ClF2N3OS. The van der Waals surface area contributed by atoms with Gasteiger partial charge in [0.05, 0.1) is 11.2 Å². The van der Waals surface area contributed by atoms with E-state index in [4.69, 9.17) is 11.6 Å². The Morgan fingerprint density at radius 2 is 2.15 bits per heavy atom. The van der Waals surface area contributed by atoms with Gasteiger partial charge in [-0.1, -0.05) is 17.7 Å². The molecule has 0 spiro atoms. The highest BCUT2D eigenvalue weighted by Gasteiger charge is 2.29. The first kappa shape index (κ1) is 18.1. The molecule has 3 heterocycles. The van der Waals surface area contributed by atoms with Gasteiger partial charge in [-0.05, 0) is 42.0 Å². The quantitative estimate of drug-likeness (QED) is 0.657. The van der Waals surface area contributed by atoms with E-state index in [1.165, 1.54) is 23.5 Å². The zero-order chi connectivity index (χ0) is 19.0. The van der Waals surface area contributed by atoms with Crippen LogP contribution in [0.2, 0.25) is 5.02 Å². The number of carbonyl (C=O) groups excluding carboxylic acids is 1. The molecular weight excluding hydrogens is 392 g/mol. The van der Waals surface area contributed by atoms with E-state index >= 15 is 0 Å². The topological polar surface area (TPSA) is 49.0 Å². The number of nitrogens with one attached hydrogen (secondary N) is 1. The van der Waals surface area contributed by atoms with Crippen LogP contribution >= 0.6 is 22.9 Å². The van der Waals surface area contributed by atoms with Crippen LogP contribution in [-0.2, 0) is 0 Å². The molecule has 4 nitrogen and oxygen atoms in total. The monoisotopic (exact) mass is 407 g/mol. The Morgan fingerprint density at radius 1 is 1.30 bits per heavy atom. The minimum absolute atomic E-state index is 0.0343. The second kappa shape index (κ2) is 7.40. The number of carbonyl (C=O) groups is 1. The molecule has 27 heavy (non-hydrogen) atoms. The summed E-state index contributed by atoms with van der Waals surface area (Å²) in [6.07, 6.45) is 3.33. The number of likely N-dealkylation sites (tertiary alicyclic amines) is 1. The van der Waals surface area contributed by atoms with E-state index in [1.807, 2.05) is 0 Å². The van der Waals surface area contributed by atoms with Gasteiger partial charge >= 0.3 is 0 Å². The molecule has 0 saturated carbocycles. The summed E-state index contributed by atoms with van der Waals surface area (Å²) in [5.41, 5.74) is 2.11. The maximum absolute atomic E-state index is 13.6. The van der Waals surface area contributed by atoms with Crippen LogP contribution in [0, 0.1) is 11.6 Å². The second-order valence-corrected chi connectivity index (χ2v) is 7.84. The van der Waals surface area contributed by atoms with E-state index in [0.29, 0.717) is 28.6 Å². The van der Waals surface area contributed by atoms with Crippen molar-refractivity contribution in [3.63, 3.8) is 0 Å². The van der Waals surface area contributed by atoms with Gasteiger partial charge < -0.3 is 4.90 Å². The zero-order valence-electron chi connectivity index (χ0n) is 14.2. The van der Waals surface area contributed by atoms with Gasteiger partial charge in [-0.2, -0.15) is 5.10 Å². The van der Waals surface area contributed by atoms with Crippen molar-refractivity contribution in [1.29, 1.82) is 0 Å². The Morgan fingerprint density at radius 3 is 2.89 bits per heavy atom. The summed E-state index contributed by atoms with van der Waals surface area (Å²) in [5.74, 6) is -1.82. The number of hydrogen-bond acceptors (Lipinski definition) is 3. The van der Waals surface area contributed by atoms with Crippen molar-refractivity contribution in [1.82, 2.24) is 15.1 Å². The minimum atomic E-state index is -0.896. The lowest BCUT2D eigenvalue weighted by molar-refractivity contribution is 0.0711. The maximum Gasteiger partial charge on any atom is 0.265 e. The standard InChI is InChI=1S/C19H16ClF2N3OS/c20-14-5-7-27-18(14)19(26)25-6-1-2-12(10-25)17-13(9-23-24-17)11-3-4-15(21)16(22)8-11/h3-5,7-9,12H,1-2,6,10H2,(H,23,24)/t12-/m1/s1. The van der Waals surface area contributed by atoms with Gasteiger partial charge in [0.25, 0.3) is 5.91 Å². The van der Waals surface area contributed by atoms with Gasteiger partial charge in [0.2, 0.25) is 0 Å². The van der Waals surface area contributed by atoms with Crippen molar-refractivity contribution in [3.8, 4) is 11.1 Å². The average molecular weight is 408 g/mol. The molecule has 2 aromatic heterocycles. The van der Waals surface area contributed by atoms with E-state index < -0.39 is 11.6 Å². The SMILES string of the molecule is O=C(c1sccc1Cl)N1CCC[C@@H](c2[nH]ncc2-c2ccc(F)c(F)c2)C1. The molecule has 0 aliphatic carbocycles. The number of benzene rings is 1. The van der Waals surface area contributed by atoms with Crippen LogP contribution in [-0.4, -0.2) is 34.1 Å². The molecule has 1 aliphatic heterocycles. The highest BCUT2D eigenvalue weighted by molar-refractivity contribution is 7.12. The van der Waals surface area contributed by atoms with Gasteiger partial charge in [-0.25, -0.2) is 8.78 Å². The molecule has 0 unspecified atom stereocenters. The number of H-pyrrole nitrogens is 1. The minimum Gasteiger partial charge on any atom is -0.337 e. The number of rotatable bonds is 3. The molecule has 0 radical (unpaired) electrons. The maximum atomic E-state index is 13.6. The molecule has 8 heteroatoms. The van der Waals surface area contributed by atoms with Crippen molar-refractivity contribution in [2.75, 3.05) is 13.1 Å². The summed E-state index contributed by atoms with van der Waals surface area (Å²) in [5, 5.41) is 9.35. The summed E-state index contributed by atoms with van der Waals surface area (Å²) >= 11 is 7.44. The van der Waals surface area contributed by atoms with Crippen molar-refractivity contribution >= 4 is 28.8 Å². The summed E-state index contributed by atoms with van der Waals surface area (Å²) in [6, 6.07) is 5.53. The summed E-state index contributed by atoms with van der Waals surface area (Å²) < 4.78 is 26.9. The number of thiophene rings is 1. The summed E-state index contributed by atoms with van der Waals surface area (Å²) in [4.78, 5) is 15.1. The molecule has 3 aromatic rings. The lowest BCUT2D eigenvalue weighted by Gasteiger charge is -2.32. The number of aromatic nitrogens is 2. The predicted molar refractivity (Wildman–Crippen MR) is 101 cm³/mol. The van der Waals surface area contributed by atoms with Crippen molar-refractivity contribution in [2.24, 2.45) is 0 Å². The number of amides is 1. The molecule has 140 valence electrons. The molecule has 1 amide bonds. The number of halogens is 3. The smallest absolute Gasteiger partial charge is 0.265 e. The third-order valence-electron chi connectivity index (χ3n) is 4.83. The van der Waals surface area contributed by atoms with Crippen LogP contribution in [0.3, 0.4) is 0 Å². The first-order chi connectivity index (χ1) is 13.0. The van der Waals surface area contributed by atoms with Crippen molar-refractivity contribution in [2.45, 2.75) is 18.8 Å². The Hall–Kier alpha value is -2.25. The lowest BCUT2D eigenvalue weighted by atomic mass is 9.90. The first-order valence-electron chi connectivity index (χ1n) is 8.55. The Labute approximate surface area is 163 Å². The Bertz CT molecular complexity index is 987. The number of nitrogens with zero attached hydrogens (tertiary/aromatic N) is 2. The van der Waals surface area contributed by atoms with E-state index in [1.54, 1.807) is 22.5 Å². The third-order valence-corrected chi connectivity index (χ3v) is 6.16. The highest BCUT2D eigenvalue weighted by Crippen LogP contribution is 2.34. The van der Waals surface area contributed by atoms with Gasteiger partial charge in [-0.15, -0.1) is 11.3 Å². The average Bonchev–Trinajstić information content (AvgIpc) is 3.32. The normalized spacial score (nSPS) is 17.3. The Balaban J connectivity index is 1.59. The fraction of sp³-hybridized carbons (Fsp3) is 0.263. The Kier molecular flexibility index (Phi) is 4.97. The molecule has 4 rings (SSSR count). The van der Waals surface area contributed by atoms with Gasteiger partial charge in [-0.3, -0.25) is 9.89 Å². The van der Waals surface area contributed by atoms with Crippen molar-refractivity contribution < 1.29 is 13.6 Å². The molecule has 0 bridgehead atoms. The van der Waals surface area contributed by atoms with E-state index in [-0.39, 0.29) is 11.8 Å². The molecule has 1 N–H and O–H groups in total. The van der Waals surface area contributed by atoms with Crippen LogP contribution < -0.4 is 0 Å². The molecule has 1 atom stereocenters. The predicted octanol–water partition coefficient (Wildman–Crippen LogP) is 5.09. The second-order valence-electron chi connectivity index (χ2n) is 6.51. The van der Waals surface area contributed by atoms with Gasteiger partial charge in [0.1, 0.15) is 4.88 Å². The fourth-order valence-corrected chi connectivity index (χ4v) is 4.59. The third kappa shape index (κ3) is 3.49. The van der Waals surface area contributed by atoms with E-state index in [0.717, 1.165) is 30.2 Å². The number of piperidine rings is 1. The largest absolute Gasteiger partial charge is 0.337 e. The van der Waals surface area contributed by atoms with Crippen LogP contribution in [0.5, 0.6) is 0 Å². The van der Waals surface area contributed by atoms with E-state index in [9.17, 15) is 13.6 Å². The first-order valence-corrected chi connectivity index (χ1v) is 9.81. The summed E-state index contributed by atoms with van der Waals surface area (Å²) in [6.45, 7) is 1.18. The highest BCUT2D eigenvalue weighted by atomic mass is 35.5. The number of aromatic amines is 1. The van der Waals surface area contributed by atoms with Crippen LogP contribution in [0.25, 0.3) is 11.1 Å². The lowest BCUT2D eigenvalue weighted by Crippen LogP contribution is -2.39. The van der Waals surface area contributed by atoms with Crippen LogP contribution in [0.15, 0.2) is 35.8 Å². The zero-order valence-corrected chi connectivity index (χ0v) is 15.8. The molecule has 1 fully saturated rings. The van der Waals surface area contributed by atoms with Crippen LogP contribution in [0.4, 0.5) is 8.78 Å². The number of hydrogen-bond donors (Lipinski definition) is 1. The fourth-order valence-electron chi connectivity index (χ4n) is 3.49. The molecule has 1 aromatic carbocycles. The van der Waals surface area contributed by atoms with Crippen molar-refractivity contribution in [3.05, 3.63) is 63.1 Å².